The van der Waals surface area contributed by atoms with Crippen LogP contribution in [0.4, 0.5) is 0 Å². The Morgan fingerprint density at radius 1 is 1.14 bits per heavy atom. The number of aliphatic imine (C=N–C) groups is 1. The SMILES string of the molecule is CCNC(=NCCN1CCCCC1)NCCc1coc(-c2ccc(C)cc2)n1.I. The summed E-state index contributed by atoms with van der Waals surface area (Å²) < 4.78 is 5.64. The molecule has 0 atom stereocenters. The number of rotatable bonds is 8. The van der Waals surface area contributed by atoms with E-state index in [4.69, 9.17) is 9.41 Å². The quantitative estimate of drug-likeness (QED) is 0.320. The van der Waals surface area contributed by atoms with Crippen molar-refractivity contribution in [3.05, 3.63) is 41.8 Å². The molecule has 2 heterocycles. The van der Waals surface area contributed by atoms with E-state index in [1.165, 1.54) is 37.9 Å². The van der Waals surface area contributed by atoms with Gasteiger partial charge in [0.25, 0.3) is 0 Å². The van der Waals surface area contributed by atoms with E-state index in [-0.39, 0.29) is 24.0 Å². The normalized spacial score (nSPS) is 15.0. The summed E-state index contributed by atoms with van der Waals surface area (Å²) in [5.41, 5.74) is 3.19. The molecule has 1 aliphatic heterocycles. The summed E-state index contributed by atoms with van der Waals surface area (Å²) in [7, 11) is 0. The second-order valence-corrected chi connectivity index (χ2v) is 7.35. The van der Waals surface area contributed by atoms with Gasteiger partial charge in [-0.1, -0.05) is 24.1 Å². The van der Waals surface area contributed by atoms with Crippen molar-refractivity contribution >= 4 is 29.9 Å². The Balaban J connectivity index is 0.00000300. The third-order valence-electron chi connectivity index (χ3n) is 5.00. The number of hydrogen-bond acceptors (Lipinski definition) is 4. The summed E-state index contributed by atoms with van der Waals surface area (Å²) in [6, 6.07) is 8.23. The Labute approximate surface area is 191 Å². The zero-order valence-corrected chi connectivity index (χ0v) is 19.9. The predicted molar refractivity (Wildman–Crippen MR) is 130 cm³/mol. The molecule has 0 radical (unpaired) electrons. The van der Waals surface area contributed by atoms with E-state index in [2.05, 4.69) is 46.5 Å². The zero-order valence-electron chi connectivity index (χ0n) is 17.6. The number of likely N-dealkylation sites (tertiary alicyclic amines) is 1. The second kappa shape index (κ2) is 12.8. The molecule has 0 unspecified atom stereocenters. The molecule has 0 saturated carbocycles. The number of aryl methyl sites for hydroxylation is 1. The minimum Gasteiger partial charge on any atom is -0.444 e. The van der Waals surface area contributed by atoms with E-state index < -0.39 is 0 Å². The number of nitrogens with one attached hydrogen (secondary N) is 2. The van der Waals surface area contributed by atoms with E-state index >= 15 is 0 Å². The van der Waals surface area contributed by atoms with Crippen molar-refractivity contribution in [3.63, 3.8) is 0 Å². The maximum absolute atomic E-state index is 5.64. The lowest BCUT2D eigenvalue weighted by Crippen LogP contribution is -2.39. The molecule has 1 aliphatic rings. The number of aromatic nitrogens is 1. The van der Waals surface area contributed by atoms with Crippen LogP contribution in [-0.2, 0) is 6.42 Å². The van der Waals surface area contributed by atoms with Crippen molar-refractivity contribution in [2.75, 3.05) is 39.3 Å². The van der Waals surface area contributed by atoms with Gasteiger partial charge in [0, 0.05) is 31.6 Å². The van der Waals surface area contributed by atoms with Crippen LogP contribution in [0.1, 0.15) is 37.4 Å². The summed E-state index contributed by atoms with van der Waals surface area (Å²) in [6.45, 7) is 10.1. The first-order valence-corrected chi connectivity index (χ1v) is 10.5. The molecule has 1 saturated heterocycles. The van der Waals surface area contributed by atoms with Gasteiger partial charge in [-0.05, 0) is 51.9 Å². The van der Waals surface area contributed by atoms with Gasteiger partial charge in [0.15, 0.2) is 5.96 Å². The molecule has 0 bridgehead atoms. The van der Waals surface area contributed by atoms with Gasteiger partial charge in [0.2, 0.25) is 5.89 Å². The highest BCUT2D eigenvalue weighted by molar-refractivity contribution is 14.0. The van der Waals surface area contributed by atoms with Crippen LogP contribution < -0.4 is 10.6 Å². The topological polar surface area (TPSA) is 65.7 Å². The Morgan fingerprint density at radius 2 is 1.90 bits per heavy atom. The van der Waals surface area contributed by atoms with Gasteiger partial charge >= 0.3 is 0 Å². The van der Waals surface area contributed by atoms with Crippen molar-refractivity contribution in [3.8, 4) is 11.5 Å². The fraction of sp³-hybridized carbons (Fsp3) is 0.545. The van der Waals surface area contributed by atoms with Crippen LogP contribution in [0.2, 0.25) is 0 Å². The average molecular weight is 511 g/mol. The van der Waals surface area contributed by atoms with Crippen LogP contribution in [-0.4, -0.2) is 55.1 Å². The molecule has 0 amide bonds. The number of benzene rings is 1. The molecule has 7 heteroatoms. The summed E-state index contributed by atoms with van der Waals surface area (Å²) >= 11 is 0. The number of oxazole rings is 1. The van der Waals surface area contributed by atoms with Gasteiger partial charge in [-0.3, -0.25) is 4.99 Å². The van der Waals surface area contributed by atoms with Crippen LogP contribution in [0, 0.1) is 6.92 Å². The molecule has 1 aromatic carbocycles. The van der Waals surface area contributed by atoms with Crippen molar-refractivity contribution in [2.45, 2.75) is 39.5 Å². The van der Waals surface area contributed by atoms with E-state index in [1.54, 1.807) is 6.26 Å². The molecule has 1 fully saturated rings. The van der Waals surface area contributed by atoms with E-state index in [9.17, 15) is 0 Å². The number of halogens is 1. The largest absolute Gasteiger partial charge is 0.444 e. The first-order chi connectivity index (χ1) is 13.7. The van der Waals surface area contributed by atoms with Gasteiger partial charge in [-0.2, -0.15) is 0 Å². The number of piperidine rings is 1. The highest BCUT2D eigenvalue weighted by atomic mass is 127. The second-order valence-electron chi connectivity index (χ2n) is 7.35. The van der Waals surface area contributed by atoms with E-state index in [1.807, 2.05) is 12.1 Å². The molecular weight excluding hydrogens is 477 g/mol. The third kappa shape index (κ3) is 7.97. The number of nitrogens with zero attached hydrogens (tertiary/aromatic N) is 3. The molecular formula is C22H34IN5O. The van der Waals surface area contributed by atoms with Gasteiger partial charge < -0.3 is 20.0 Å². The fourth-order valence-electron chi connectivity index (χ4n) is 3.39. The van der Waals surface area contributed by atoms with Crippen LogP contribution in [0.5, 0.6) is 0 Å². The van der Waals surface area contributed by atoms with Gasteiger partial charge in [-0.15, -0.1) is 24.0 Å². The Kier molecular flexibility index (Phi) is 10.5. The Bertz CT molecular complexity index is 738. The molecule has 0 aliphatic carbocycles. The molecule has 1 aromatic heterocycles. The van der Waals surface area contributed by atoms with Crippen LogP contribution >= 0.6 is 24.0 Å². The maximum Gasteiger partial charge on any atom is 0.226 e. The lowest BCUT2D eigenvalue weighted by atomic mass is 10.1. The number of hydrogen-bond donors (Lipinski definition) is 2. The minimum atomic E-state index is 0. The minimum absolute atomic E-state index is 0. The average Bonchev–Trinajstić information content (AvgIpc) is 3.18. The van der Waals surface area contributed by atoms with Gasteiger partial charge in [0.1, 0.15) is 6.26 Å². The van der Waals surface area contributed by atoms with E-state index in [0.717, 1.165) is 49.8 Å². The van der Waals surface area contributed by atoms with Crippen molar-refractivity contribution in [1.82, 2.24) is 20.5 Å². The van der Waals surface area contributed by atoms with Gasteiger partial charge in [-0.25, -0.2) is 4.98 Å². The molecule has 3 rings (SSSR count). The van der Waals surface area contributed by atoms with Crippen molar-refractivity contribution < 1.29 is 4.42 Å². The standard InChI is InChI=1S/C22H33N5O.HI/c1-3-23-22(25-13-16-27-14-5-4-6-15-27)24-12-11-20-17-28-21(26-20)19-9-7-18(2)8-10-19;/h7-10,17H,3-6,11-16H2,1-2H3,(H2,23,24,25);1H. The Hall–Kier alpha value is -1.61. The lowest BCUT2D eigenvalue weighted by Gasteiger charge is -2.25. The molecule has 160 valence electrons. The van der Waals surface area contributed by atoms with Crippen LogP contribution in [0.3, 0.4) is 0 Å². The van der Waals surface area contributed by atoms with Gasteiger partial charge in [0.05, 0.1) is 12.2 Å². The summed E-state index contributed by atoms with van der Waals surface area (Å²) in [5, 5.41) is 6.72. The predicted octanol–water partition coefficient (Wildman–Crippen LogP) is 3.85. The molecule has 2 N–H and O–H groups in total. The number of guanidine groups is 1. The van der Waals surface area contributed by atoms with Crippen molar-refractivity contribution in [2.24, 2.45) is 4.99 Å². The van der Waals surface area contributed by atoms with E-state index in [0.29, 0.717) is 5.89 Å². The summed E-state index contributed by atoms with van der Waals surface area (Å²) in [4.78, 5) is 11.8. The zero-order chi connectivity index (χ0) is 19.6. The van der Waals surface area contributed by atoms with Crippen LogP contribution in [0.15, 0.2) is 39.9 Å². The molecule has 0 spiro atoms. The summed E-state index contributed by atoms with van der Waals surface area (Å²) in [5.74, 6) is 1.55. The fourth-order valence-corrected chi connectivity index (χ4v) is 3.39. The lowest BCUT2D eigenvalue weighted by molar-refractivity contribution is 0.235. The highest BCUT2D eigenvalue weighted by Gasteiger charge is 2.09. The molecule has 29 heavy (non-hydrogen) atoms. The monoisotopic (exact) mass is 511 g/mol. The first kappa shape index (κ1) is 23.7. The van der Waals surface area contributed by atoms with Crippen LogP contribution in [0.25, 0.3) is 11.5 Å². The first-order valence-electron chi connectivity index (χ1n) is 10.5. The maximum atomic E-state index is 5.64. The smallest absolute Gasteiger partial charge is 0.226 e. The molecule has 6 nitrogen and oxygen atoms in total. The Morgan fingerprint density at radius 3 is 2.62 bits per heavy atom. The molecule has 2 aromatic rings. The third-order valence-corrected chi connectivity index (χ3v) is 5.00. The highest BCUT2D eigenvalue weighted by Crippen LogP contribution is 2.19. The summed E-state index contributed by atoms with van der Waals surface area (Å²) in [6.07, 6.45) is 6.56. The van der Waals surface area contributed by atoms with Crippen molar-refractivity contribution in [1.29, 1.82) is 0 Å².